The van der Waals surface area contributed by atoms with Crippen molar-refractivity contribution in [3.63, 3.8) is 0 Å². The summed E-state index contributed by atoms with van der Waals surface area (Å²) in [5, 5.41) is 38.7. The minimum Gasteiger partial charge on any atom is -0.481 e. The zero-order chi connectivity index (χ0) is 17.0. The summed E-state index contributed by atoms with van der Waals surface area (Å²) in [6.45, 7) is 2.13. The number of fused-ring (bicyclic) bond motifs is 1. The lowest BCUT2D eigenvalue weighted by Gasteiger charge is -2.40. The number of hydrogen-bond donors (Lipinski definition) is 4. The Bertz CT molecular complexity index is 470. The van der Waals surface area contributed by atoms with Crippen LogP contribution in [-0.4, -0.2) is 44.7 Å². The molecule has 23 heavy (non-hydrogen) atoms. The highest BCUT2D eigenvalue weighted by molar-refractivity contribution is 5.67. The third kappa shape index (κ3) is 4.90. The number of aliphatic hydroxyl groups is 3. The van der Waals surface area contributed by atoms with Crippen LogP contribution in [-0.2, 0) is 4.79 Å². The van der Waals surface area contributed by atoms with Gasteiger partial charge in [-0.1, -0.05) is 25.2 Å². The van der Waals surface area contributed by atoms with Gasteiger partial charge in [-0.05, 0) is 49.5 Å². The van der Waals surface area contributed by atoms with E-state index in [1.54, 1.807) is 0 Å². The molecule has 130 valence electrons. The topological polar surface area (TPSA) is 98.0 Å². The summed E-state index contributed by atoms with van der Waals surface area (Å²) in [6.07, 6.45) is 7.11. The maximum atomic E-state index is 10.5. The average molecular weight is 324 g/mol. The highest BCUT2D eigenvalue weighted by Gasteiger charge is 2.37. The van der Waals surface area contributed by atoms with Crippen LogP contribution in [0.5, 0.6) is 0 Å². The fourth-order valence-corrected chi connectivity index (χ4v) is 3.95. The number of carbonyl (C=O) groups is 1. The molecule has 5 heteroatoms. The van der Waals surface area contributed by atoms with E-state index in [9.17, 15) is 20.1 Å². The number of allylic oxidation sites excluding steroid dienone is 3. The molecule has 0 spiro atoms. The van der Waals surface area contributed by atoms with Crippen LogP contribution in [0, 0.1) is 17.8 Å². The molecular weight excluding hydrogens is 296 g/mol. The van der Waals surface area contributed by atoms with Crippen molar-refractivity contribution < 1.29 is 25.2 Å². The van der Waals surface area contributed by atoms with E-state index in [0.717, 1.165) is 19.3 Å². The maximum absolute atomic E-state index is 10.5. The van der Waals surface area contributed by atoms with Crippen molar-refractivity contribution in [3.05, 3.63) is 23.8 Å². The van der Waals surface area contributed by atoms with Gasteiger partial charge >= 0.3 is 5.97 Å². The summed E-state index contributed by atoms with van der Waals surface area (Å²) >= 11 is 0. The van der Waals surface area contributed by atoms with E-state index in [1.165, 1.54) is 5.57 Å². The normalized spacial score (nSPS) is 32.8. The molecule has 0 aliphatic heterocycles. The van der Waals surface area contributed by atoms with E-state index < -0.39 is 18.2 Å². The fourth-order valence-electron chi connectivity index (χ4n) is 3.95. The molecule has 0 saturated carbocycles. The lowest BCUT2D eigenvalue weighted by atomic mass is 9.66. The summed E-state index contributed by atoms with van der Waals surface area (Å²) < 4.78 is 0. The average Bonchev–Trinajstić information content (AvgIpc) is 2.45. The molecule has 2 aliphatic rings. The molecule has 0 aromatic carbocycles. The quantitative estimate of drug-likeness (QED) is 0.573. The van der Waals surface area contributed by atoms with Crippen molar-refractivity contribution in [2.24, 2.45) is 17.8 Å². The second-order valence-electron chi connectivity index (χ2n) is 6.98. The van der Waals surface area contributed by atoms with E-state index in [1.807, 2.05) is 0 Å². The molecule has 0 fully saturated rings. The first-order valence-electron chi connectivity index (χ1n) is 8.52. The van der Waals surface area contributed by atoms with Gasteiger partial charge < -0.3 is 20.4 Å². The standard InChI is InChI=1S/C18H28O5/c1-11-5-6-12-3-2-4-16(21)18(12)15(11)8-7-13(19)9-14(20)10-17(22)23/h3,5-6,11,13-16,18-21H,2,4,7-10H2,1H3,(H,22,23)/t11-,13+,14+,15-,16+,18+/m1/s1. The largest absolute Gasteiger partial charge is 0.481 e. The predicted molar refractivity (Wildman–Crippen MR) is 86.7 cm³/mol. The van der Waals surface area contributed by atoms with Crippen molar-refractivity contribution in [2.45, 2.75) is 63.8 Å². The van der Waals surface area contributed by atoms with Crippen LogP contribution in [0.2, 0.25) is 0 Å². The third-order valence-electron chi connectivity index (χ3n) is 5.16. The van der Waals surface area contributed by atoms with Crippen LogP contribution < -0.4 is 0 Å². The molecule has 5 nitrogen and oxygen atoms in total. The number of rotatable bonds is 7. The van der Waals surface area contributed by atoms with Gasteiger partial charge in [-0.15, -0.1) is 0 Å². The summed E-state index contributed by atoms with van der Waals surface area (Å²) in [4.78, 5) is 10.5. The van der Waals surface area contributed by atoms with Crippen LogP contribution in [0.15, 0.2) is 23.8 Å². The zero-order valence-electron chi connectivity index (χ0n) is 13.6. The van der Waals surface area contributed by atoms with Crippen LogP contribution in [0.25, 0.3) is 0 Å². The van der Waals surface area contributed by atoms with Crippen LogP contribution in [0.1, 0.15) is 45.4 Å². The van der Waals surface area contributed by atoms with Gasteiger partial charge in [0.2, 0.25) is 0 Å². The van der Waals surface area contributed by atoms with E-state index in [4.69, 9.17) is 5.11 Å². The van der Waals surface area contributed by atoms with E-state index in [2.05, 4.69) is 25.2 Å². The Labute approximate surface area is 137 Å². The van der Waals surface area contributed by atoms with Gasteiger partial charge in [-0.2, -0.15) is 0 Å². The number of carboxylic acid groups (broad SMARTS) is 1. The Morgan fingerprint density at radius 2 is 2.09 bits per heavy atom. The molecule has 0 radical (unpaired) electrons. The molecule has 0 unspecified atom stereocenters. The van der Waals surface area contributed by atoms with Crippen LogP contribution >= 0.6 is 0 Å². The lowest BCUT2D eigenvalue weighted by molar-refractivity contribution is -0.139. The van der Waals surface area contributed by atoms with Crippen molar-refractivity contribution in [1.29, 1.82) is 0 Å². The molecule has 0 aromatic heterocycles. The van der Waals surface area contributed by atoms with E-state index in [-0.39, 0.29) is 30.8 Å². The highest BCUT2D eigenvalue weighted by Crippen LogP contribution is 2.42. The monoisotopic (exact) mass is 324 g/mol. The Hall–Kier alpha value is -1.17. The molecule has 6 atom stereocenters. The van der Waals surface area contributed by atoms with Gasteiger partial charge in [0.15, 0.2) is 0 Å². The summed E-state index contributed by atoms with van der Waals surface area (Å²) in [5.41, 5.74) is 1.20. The second kappa shape index (κ2) is 8.08. The molecular formula is C18H28O5. The van der Waals surface area contributed by atoms with Gasteiger partial charge in [-0.25, -0.2) is 0 Å². The molecule has 0 amide bonds. The highest BCUT2D eigenvalue weighted by atomic mass is 16.4. The minimum absolute atomic E-state index is 0.0825. The van der Waals surface area contributed by atoms with Gasteiger partial charge in [0, 0.05) is 5.92 Å². The molecule has 2 aliphatic carbocycles. The van der Waals surface area contributed by atoms with Crippen molar-refractivity contribution >= 4 is 5.97 Å². The fraction of sp³-hybridized carbons (Fsp3) is 0.722. The van der Waals surface area contributed by atoms with E-state index >= 15 is 0 Å². The Balaban J connectivity index is 1.90. The summed E-state index contributed by atoms with van der Waals surface area (Å²) in [5.74, 6) is -0.329. The number of aliphatic carboxylic acids is 1. The SMILES string of the molecule is C[C@@H]1C=CC2=CCC[C@H](O)[C@@H]2[C@@H]1CC[C@H](O)C[C@H](O)CC(=O)O. The zero-order valence-corrected chi connectivity index (χ0v) is 13.6. The summed E-state index contributed by atoms with van der Waals surface area (Å²) in [7, 11) is 0. The molecule has 0 heterocycles. The molecule has 0 saturated heterocycles. The smallest absolute Gasteiger partial charge is 0.305 e. The minimum atomic E-state index is -1.06. The lowest BCUT2D eigenvalue weighted by Crippen LogP contribution is -2.37. The molecule has 2 rings (SSSR count). The van der Waals surface area contributed by atoms with Gasteiger partial charge in [0.1, 0.15) is 0 Å². The first kappa shape index (κ1) is 18.2. The first-order chi connectivity index (χ1) is 10.9. The molecule has 0 bridgehead atoms. The van der Waals surface area contributed by atoms with Gasteiger partial charge in [-0.3, -0.25) is 4.79 Å². The first-order valence-corrected chi connectivity index (χ1v) is 8.52. The van der Waals surface area contributed by atoms with Crippen LogP contribution in [0.4, 0.5) is 0 Å². The van der Waals surface area contributed by atoms with E-state index in [0.29, 0.717) is 12.3 Å². The van der Waals surface area contributed by atoms with Crippen molar-refractivity contribution in [3.8, 4) is 0 Å². The Morgan fingerprint density at radius 3 is 2.78 bits per heavy atom. The second-order valence-corrected chi connectivity index (χ2v) is 6.98. The van der Waals surface area contributed by atoms with Crippen LogP contribution in [0.3, 0.4) is 0 Å². The van der Waals surface area contributed by atoms with Gasteiger partial charge in [0.05, 0.1) is 24.7 Å². The predicted octanol–water partition coefficient (Wildman–Crippen LogP) is 1.87. The molecule has 4 N–H and O–H groups in total. The van der Waals surface area contributed by atoms with Gasteiger partial charge in [0.25, 0.3) is 0 Å². The van der Waals surface area contributed by atoms with Crippen molar-refractivity contribution in [1.82, 2.24) is 0 Å². The third-order valence-corrected chi connectivity index (χ3v) is 5.16. The Kier molecular flexibility index (Phi) is 6.39. The van der Waals surface area contributed by atoms with Crippen molar-refractivity contribution in [2.75, 3.05) is 0 Å². The number of carboxylic acids is 1. The number of aliphatic hydroxyl groups excluding tert-OH is 3. The number of hydrogen-bond acceptors (Lipinski definition) is 4. The Morgan fingerprint density at radius 1 is 1.35 bits per heavy atom. The maximum Gasteiger partial charge on any atom is 0.305 e. The molecule has 0 aromatic rings. The summed E-state index contributed by atoms with van der Waals surface area (Å²) in [6, 6.07) is 0.